The van der Waals surface area contributed by atoms with Gasteiger partial charge in [0.05, 0.1) is 11.4 Å². The number of fused-ring (bicyclic) bond motifs is 7. The predicted molar refractivity (Wildman–Crippen MR) is 221 cm³/mol. The Balaban J connectivity index is 1.15. The highest BCUT2D eigenvalue weighted by molar-refractivity contribution is 6.07. The van der Waals surface area contributed by atoms with Gasteiger partial charge in [-0.15, -0.1) is 0 Å². The molecule has 0 spiro atoms. The summed E-state index contributed by atoms with van der Waals surface area (Å²) in [6.45, 7) is 0. The summed E-state index contributed by atoms with van der Waals surface area (Å²) >= 11 is 0. The van der Waals surface area contributed by atoms with E-state index in [4.69, 9.17) is 18.8 Å². The molecular weight excluding hydrogens is 661 g/mol. The molecule has 0 unspecified atom stereocenters. The average molecular weight is 691 g/mol. The Bertz CT molecular complexity index is 3100. The molecule has 4 nitrogen and oxygen atoms in total. The van der Waals surface area contributed by atoms with Gasteiger partial charge in [-0.05, 0) is 99.8 Å². The van der Waals surface area contributed by atoms with Crippen molar-refractivity contribution >= 4 is 54.6 Å². The summed E-state index contributed by atoms with van der Waals surface area (Å²) in [5.41, 5.74) is 12.6. The zero-order valence-electron chi connectivity index (χ0n) is 29.0. The molecule has 252 valence electrons. The van der Waals surface area contributed by atoms with Crippen LogP contribution in [0.5, 0.6) is 0 Å². The lowest BCUT2D eigenvalue weighted by molar-refractivity contribution is 0.668. The molecule has 0 amide bonds. The summed E-state index contributed by atoms with van der Waals surface area (Å²) in [6, 6.07) is 63.5. The van der Waals surface area contributed by atoms with Crippen LogP contribution in [-0.2, 0) is 0 Å². The Morgan fingerprint density at radius 1 is 0.278 bits per heavy atom. The summed E-state index contributed by atoms with van der Waals surface area (Å²) in [6.07, 6.45) is 0. The minimum absolute atomic E-state index is 0.682. The van der Waals surface area contributed by atoms with Crippen molar-refractivity contribution in [2.45, 2.75) is 0 Å². The smallest absolute Gasteiger partial charge is 0.160 e. The number of nitrogens with zero attached hydrogens (tertiary/aromatic N) is 2. The van der Waals surface area contributed by atoms with Crippen molar-refractivity contribution in [2.75, 3.05) is 0 Å². The molecule has 4 heteroatoms. The van der Waals surface area contributed by atoms with Crippen molar-refractivity contribution in [1.82, 2.24) is 9.97 Å². The first-order valence-electron chi connectivity index (χ1n) is 18.1. The molecule has 0 saturated carbocycles. The van der Waals surface area contributed by atoms with E-state index in [9.17, 15) is 0 Å². The average Bonchev–Trinajstić information content (AvgIpc) is 3.81. The lowest BCUT2D eigenvalue weighted by atomic mass is 9.93. The van der Waals surface area contributed by atoms with Crippen LogP contribution in [0.3, 0.4) is 0 Å². The van der Waals surface area contributed by atoms with Gasteiger partial charge in [-0.3, -0.25) is 0 Å². The minimum Gasteiger partial charge on any atom is -0.456 e. The zero-order chi connectivity index (χ0) is 35.6. The van der Waals surface area contributed by atoms with E-state index in [1.165, 1.54) is 5.39 Å². The van der Waals surface area contributed by atoms with E-state index in [2.05, 4.69) is 152 Å². The van der Waals surface area contributed by atoms with E-state index in [1.54, 1.807) is 0 Å². The number of benzene rings is 8. The van der Waals surface area contributed by atoms with Crippen LogP contribution in [0.25, 0.3) is 111 Å². The highest BCUT2D eigenvalue weighted by Crippen LogP contribution is 2.39. The first kappa shape index (κ1) is 30.3. The van der Waals surface area contributed by atoms with Gasteiger partial charge in [-0.2, -0.15) is 0 Å². The summed E-state index contributed by atoms with van der Waals surface area (Å²) < 4.78 is 12.4. The van der Waals surface area contributed by atoms with Crippen LogP contribution in [-0.4, -0.2) is 9.97 Å². The second-order valence-corrected chi connectivity index (χ2v) is 13.8. The van der Waals surface area contributed by atoms with E-state index in [0.29, 0.717) is 5.82 Å². The van der Waals surface area contributed by atoms with E-state index in [0.717, 1.165) is 99.6 Å². The van der Waals surface area contributed by atoms with Crippen molar-refractivity contribution < 1.29 is 8.83 Å². The Labute approximate surface area is 310 Å². The molecule has 3 heterocycles. The quantitative estimate of drug-likeness (QED) is 0.180. The second-order valence-electron chi connectivity index (χ2n) is 13.8. The van der Waals surface area contributed by atoms with E-state index in [-0.39, 0.29) is 0 Å². The molecule has 0 saturated heterocycles. The van der Waals surface area contributed by atoms with Crippen molar-refractivity contribution in [2.24, 2.45) is 0 Å². The van der Waals surface area contributed by atoms with Crippen LogP contribution in [0.4, 0.5) is 0 Å². The largest absolute Gasteiger partial charge is 0.456 e. The monoisotopic (exact) mass is 690 g/mol. The SMILES string of the molecule is c1ccc(-c2cc(-c3cc(-c4ccc5oc6ccccc6c5c4)cc(-c4ccc5oc6ccccc6c5c4)c3)nc(-c3ccc4ccccc4c3)n2)cc1. The topological polar surface area (TPSA) is 52.1 Å². The Hall–Kier alpha value is -7.30. The minimum atomic E-state index is 0.682. The molecule has 0 fully saturated rings. The molecule has 0 aliphatic heterocycles. The molecule has 11 aromatic rings. The van der Waals surface area contributed by atoms with Crippen molar-refractivity contribution in [3.63, 3.8) is 0 Å². The fraction of sp³-hybridized carbons (Fsp3) is 0. The van der Waals surface area contributed by atoms with E-state index < -0.39 is 0 Å². The van der Waals surface area contributed by atoms with Crippen LogP contribution in [0, 0.1) is 0 Å². The molecule has 0 atom stereocenters. The fourth-order valence-corrected chi connectivity index (χ4v) is 7.73. The molecule has 0 radical (unpaired) electrons. The van der Waals surface area contributed by atoms with Gasteiger partial charge in [-0.1, -0.05) is 115 Å². The van der Waals surface area contributed by atoms with Gasteiger partial charge in [0.25, 0.3) is 0 Å². The van der Waals surface area contributed by atoms with Crippen LogP contribution in [0.1, 0.15) is 0 Å². The van der Waals surface area contributed by atoms with Gasteiger partial charge in [0.1, 0.15) is 22.3 Å². The van der Waals surface area contributed by atoms with Crippen molar-refractivity contribution in [1.29, 1.82) is 0 Å². The second kappa shape index (κ2) is 12.1. The van der Waals surface area contributed by atoms with Gasteiger partial charge in [0.2, 0.25) is 0 Å². The molecule has 11 rings (SSSR count). The Morgan fingerprint density at radius 2 is 0.778 bits per heavy atom. The highest BCUT2D eigenvalue weighted by Gasteiger charge is 2.16. The number of furan rings is 2. The van der Waals surface area contributed by atoms with Crippen LogP contribution in [0.15, 0.2) is 191 Å². The molecule has 8 aromatic carbocycles. The van der Waals surface area contributed by atoms with Crippen LogP contribution < -0.4 is 0 Å². The standard InChI is InChI=1S/C50H30N2O2/c1-2-11-32(12-3-1)44-30-45(52-50(51-44)36-19-18-31-10-4-5-13-33(31)24-36)39-26-37(34-20-22-48-42(28-34)40-14-6-8-16-46(40)53-48)25-38(27-39)35-21-23-49-43(29-35)41-15-7-9-17-47(41)54-49/h1-30H. The van der Waals surface area contributed by atoms with E-state index in [1.807, 2.05) is 30.3 Å². The third-order valence-corrected chi connectivity index (χ3v) is 10.5. The molecule has 0 aliphatic carbocycles. The maximum Gasteiger partial charge on any atom is 0.160 e. The van der Waals surface area contributed by atoms with Gasteiger partial charge >= 0.3 is 0 Å². The maximum atomic E-state index is 6.21. The predicted octanol–water partition coefficient (Wildman–Crippen LogP) is 13.8. The maximum absolute atomic E-state index is 6.21. The van der Waals surface area contributed by atoms with Gasteiger partial charge < -0.3 is 8.83 Å². The molecule has 0 aliphatic rings. The van der Waals surface area contributed by atoms with Gasteiger partial charge in [0, 0.05) is 38.2 Å². The summed E-state index contributed by atoms with van der Waals surface area (Å²) in [5, 5.41) is 6.72. The van der Waals surface area contributed by atoms with Gasteiger partial charge in [-0.25, -0.2) is 9.97 Å². The Kier molecular flexibility index (Phi) is 6.82. The lowest BCUT2D eigenvalue weighted by Gasteiger charge is -2.14. The highest BCUT2D eigenvalue weighted by atomic mass is 16.3. The molecule has 0 N–H and O–H groups in total. The zero-order valence-corrected chi connectivity index (χ0v) is 29.0. The normalized spacial score (nSPS) is 11.7. The number of hydrogen-bond donors (Lipinski definition) is 0. The van der Waals surface area contributed by atoms with Gasteiger partial charge in [0.15, 0.2) is 5.82 Å². The lowest BCUT2D eigenvalue weighted by Crippen LogP contribution is -1.96. The first-order chi connectivity index (χ1) is 26.7. The third-order valence-electron chi connectivity index (χ3n) is 10.5. The van der Waals surface area contributed by atoms with Crippen molar-refractivity contribution in [3.05, 3.63) is 182 Å². The van der Waals surface area contributed by atoms with Crippen LogP contribution >= 0.6 is 0 Å². The molecule has 0 bridgehead atoms. The third kappa shape index (κ3) is 5.15. The summed E-state index contributed by atoms with van der Waals surface area (Å²) in [7, 11) is 0. The number of aromatic nitrogens is 2. The van der Waals surface area contributed by atoms with Crippen LogP contribution in [0.2, 0.25) is 0 Å². The Morgan fingerprint density at radius 3 is 1.43 bits per heavy atom. The number of hydrogen-bond acceptors (Lipinski definition) is 4. The fourth-order valence-electron chi connectivity index (χ4n) is 7.73. The molecule has 54 heavy (non-hydrogen) atoms. The summed E-state index contributed by atoms with van der Waals surface area (Å²) in [4.78, 5) is 10.4. The summed E-state index contributed by atoms with van der Waals surface area (Å²) in [5.74, 6) is 0.682. The van der Waals surface area contributed by atoms with Crippen molar-refractivity contribution in [3.8, 4) is 56.2 Å². The first-order valence-corrected chi connectivity index (χ1v) is 18.1. The number of rotatable bonds is 5. The molecular formula is C50H30N2O2. The van der Waals surface area contributed by atoms with E-state index >= 15 is 0 Å². The molecule has 3 aromatic heterocycles. The number of para-hydroxylation sites is 2.